The quantitative estimate of drug-likeness (QED) is 0.143. The van der Waals surface area contributed by atoms with Crippen LogP contribution >= 0.6 is 22.7 Å². The molecule has 6 aliphatic rings. The van der Waals surface area contributed by atoms with Gasteiger partial charge < -0.3 is 48.6 Å². The maximum Gasteiger partial charge on any atom is 0.573 e. The van der Waals surface area contributed by atoms with Crippen LogP contribution in [0.5, 0.6) is 11.5 Å². The highest BCUT2D eigenvalue weighted by Crippen LogP contribution is 2.45. The average molecular weight is 853 g/mol. The number of fused-ring (bicyclic) bond motifs is 6. The second kappa shape index (κ2) is 15.2. The Morgan fingerprint density at radius 1 is 0.847 bits per heavy atom. The number of rotatable bonds is 8. The van der Waals surface area contributed by atoms with Gasteiger partial charge >= 0.3 is 6.36 Å². The summed E-state index contributed by atoms with van der Waals surface area (Å²) >= 11 is 2.95. The molecule has 6 saturated heterocycles. The molecule has 4 unspecified atom stereocenters. The molecule has 0 aliphatic carbocycles. The maximum atomic E-state index is 13.3. The van der Waals surface area contributed by atoms with E-state index < -0.39 is 17.7 Å². The number of benzene rings is 2. The van der Waals surface area contributed by atoms with Gasteiger partial charge in [-0.05, 0) is 51.3 Å². The Morgan fingerprint density at radius 3 is 2.10 bits per heavy atom. The van der Waals surface area contributed by atoms with Gasteiger partial charge in [0.2, 0.25) is 0 Å². The third-order valence-corrected chi connectivity index (χ3v) is 12.9. The van der Waals surface area contributed by atoms with Crippen LogP contribution in [0.1, 0.15) is 51.5 Å². The van der Waals surface area contributed by atoms with E-state index in [-0.39, 0.29) is 28.8 Å². The molecule has 10 heterocycles. The number of nitrogens with zero attached hydrogens (tertiary/aromatic N) is 6. The predicted octanol–water partition coefficient (Wildman–Crippen LogP) is 7.08. The lowest BCUT2D eigenvalue weighted by Crippen LogP contribution is -2.67. The minimum atomic E-state index is -4.96. The number of thiazole rings is 2. The van der Waals surface area contributed by atoms with Crippen molar-refractivity contribution in [1.29, 1.82) is 0 Å². The predicted molar refractivity (Wildman–Crippen MR) is 216 cm³/mol. The van der Waals surface area contributed by atoms with Crippen molar-refractivity contribution in [1.82, 2.24) is 30.6 Å². The Hall–Kier alpha value is -4.53. The van der Waals surface area contributed by atoms with E-state index in [9.17, 15) is 18.3 Å². The molecule has 59 heavy (non-hydrogen) atoms. The Labute approximate surface area is 344 Å². The number of oxazole rings is 2. The molecule has 12 rings (SSSR count). The van der Waals surface area contributed by atoms with Gasteiger partial charge in [-0.1, -0.05) is 0 Å². The molecule has 4 aromatic heterocycles. The Balaban J connectivity index is 0.000000143. The highest BCUT2D eigenvalue weighted by molar-refractivity contribution is 7.13. The topological polar surface area (TPSA) is 156 Å². The lowest BCUT2D eigenvalue weighted by atomic mass is 9.92. The number of piperazine rings is 2. The zero-order chi connectivity index (χ0) is 40.5. The van der Waals surface area contributed by atoms with E-state index in [4.69, 9.17) is 23.3 Å². The molecule has 0 saturated carbocycles. The summed E-state index contributed by atoms with van der Waals surface area (Å²) in [6.45, 7) is 7.48. The number of aliphatic hydroxyl groups is 1. The van der Waals surface area contributed by atoms with Crippen molar-refractivity contribution in [3.05, 3.63) is 46.2 Å². The van der Waals surface area contributed by atoms with Crippen LogP contribution in [0.2, 0.25) is 0 Å². The lowest BCUT2D eigenvalue weighted by Gasteiger charge is -2.47. The van der Waals surface area contributed by atoms with Crippen molar-refractivity contribution in [2.24, 2.45) is 0 Å². The van der Waals surface area contributed by atoms with Gasteiger partial charge in [-0.2, -0.15) is 9.97 Å². The number of ether oxygens (including phenoxy) is 3. The van der Waals surface area contributed by atoms with Crippen molar-refractivity contribution in [2.75, 3.05) is 49.2 Å². The summed E-state index contributed by atoms with van der Waals surface area (Å²) in [6.07, 6.45) is 2.16. The number of hydrogen-bond acceptors (Lipinski definition) is 16. The van der Waals surface area contributed by atoms with Gasteiger partial charge in [0.05, 0.1) is 35.6 Å². The highest BCUT2D eigenvalue weighted by atomic mass is 32.1. The number of piperidine rings is 1. The number of aromatic nitrogens is 4. The summed E-state index contributed by atoms with van der Waals surface area (Å²) in [5.74, 6) is 0.236. The summed E-state index contributed by atoms with van der Waals surface area (Å²) in [5, 5.41) is 22.4. The fourth-order valence-electron chi connectivity index (χ4n) is 8.72. The Morgan fingerprint density at radius 2 is 1.49 bits per heavy atom. The number of nitrogens with one attached hydrogen (secondary N) is 2. The van der Waals surface area contributed by atoms with Crippen molar-refractivity contribution < 1.29 is 41.3 Å². The molecule has 0 spiro atoms. The molecule has 2 aromatic carbocycles. The average Bonchev–Trinajstić information content (AvgIpc) is 4.05. The molecule has 6 fully saturated rings. The van der Waals surface area contributed by atoms with Gasteiger partial charge in [0.15, 0.2) is 27.9 Å². The second-order valence-electron chi connectivity index (χ2n) is 16.3. The zero-order valence-corrected chi connectivity index (χ0v) is 34.0. The first kappa shape index (κ1) is 38.7. The molecular weight excluding hydrogens is 810 g/mol. The van der Waals surface area contributed by atoms with Crippen molar-refractivity contribution in [3.8, 4) is 33.3 Å². The molecule has 19 heteroatoms. The van der Waals surface area contributed by atoms with Crippen LogP contribution in [0.4, 0.5) is 25.2 Å². The van der Waals surface area contributed by atoms with Crippen molar-refractivity contribution in [2.45, 2.75) is 88.2 Å². The van der Waals surface area contributed by atoms with E-state index in [1.807, 2.05) is 28.6 Å². The van der Waals surface area contributed by atoms with Gasteiger partial charge in [-0.15, -0.1) is 35.8 Å². The molecule has 3 N–H and O–H groups in total. The molecule has 0 amide bonds. The SMILES string of the molecule is CC(C)(O)c1cc(-c2cscn2)c2oc(N3CC4CCC(C3)N4)nc2c1OC(F)(F)F.c1csc(-c2ccc(OC3CCOCC3)c3nc(N4CC5CC(C4)N5)oc23)n1. The largest absolute Gasteiger partial charge is 0.573 e. The third kappa shape index (κ3) is 7.83. The summed E-state index contributed by atoms with van der Waals surface area (Å²) in [6, 6.07) is 8.10. The van der Waals surface area contributed by atoms with E-state index >= 15 is 0 Å². The molecule has 14 nitrogen and oxygen atoms in total. The second-order valence-corrected chi connectivity index (χ2v) is 17.9. The summed E-state index contributed by atoms with van der Waals surface area (Å²) in [4.78, 5) is 22.3. The summed E-state index contributed by atoms with van der Waals surface area (Å²) < 4.78 is 68.4. The minimum absolute atomic E-state index is 0.0412. The lowest BCUT2D eigenvalue weighted by molar-refractivity contribution is -0.274. The zero-order valence-electron chi connectivity index (χ0n) is 32.3. The summed E-state index contributed by atoms with van der Waals surface area (Å²) in [7, 11) is 0. The van der Waals surface area contributed by atoms with E-state index in [1.165, 1.54) is 37.7 Å². The van der Waals surface area contributed by atoms with Gasteiger partial charge in [-0.25, -0.2) is 9.97 Å². The Bertz CT molecular complexity index is 2400. The molecule has 6 aromatic rings. The van der Waals surface area contributed by atoms with Crippen LogP contribution < -0.4 is 29.9 Å². The van der Waals surface area contributed by atoms with Gasteiger partial charge in [0.25, 0.3) is 12.0 Å². The first-order valence-corrected chi connectivity index (χ1v) is 21.7. The van der Waals surface area contributed by atoms with Gasteiger partial charge in [0.1, 0.15) is 16.9 Å². The number of hydrogen-bond donors (Lipinski definition) is 3. The van der Waals surface area contributed by atoms with Crippen LogP contribution in [-0.4, -0.2) is 101 Å². The smallest absolute Gasteiger partial charge is 0.488 e. The number of alkyl halides is 3. The van der Waals surface area contributed by atoms with E-state index in [1.54, 1.807) is 22.2 Å². The van der Waals surface area contributed by atoms with Crippen LogP contribution in [-0.2, 0) is 10.3 Å². The van der Waals surface area contributed by atoms with Crippen LogP contribution in [0.25, 0.3) is 44.0 Å². The molecule has 4 atom stereocenters. The highest BCUT2D eigenvalue weighted by Gasteiger charge is 2.40. The van der Waals surface area contributed by atoms with Crippen LogP contribution in [0.3, 0.4) is 0 Å². The van der Waals surface area contributed by atoms with Gasteiger partial charge in [-0.3, -0.25) is 0 Å². The molecule has 312 valence electrons. The fraction of sp³-hybridized carbons (Fsp3) is 0.500. The third-order valence-electron chi connectivity index (χ3n) is 11.5. The normalized spacial score (nSPS) is 23.4. The molecule has 0 radical (unpaired) electrons. The van der Waals surface area contributed by atoms with Crippen molar-refractivity contribution >= 4 is 56.9 Å². The molecule has 4 bridgehead atoms. The van der Waals surface area contributed by atoms with Gasteiger partial charge in [0, 0.05) is 91.3 Å². The van der Waals surface area contributed by atoms with E-state index in [2.05, 4.69) is 35.2 Å². The number of anilines is 2. The van der Waals surface area contributed by atoms with Crippen LogP contribution in [0.15, 0.2) is 49.5 Å². The Kier molecular flexibility index (Phi) is 9.95. The maximum absolute atomic E-state index is 13.3. The first-order chi connectivity index (χ1) is 28.4. The van der Waals surface area contributed by atoms with Crippen molar-refractivity contribution in [3.63, 3.8) is 0 Å². The standard InChI is InChI=1S/C20H21F3N4O3S.C20H22N4O3S/c1-19(2,28)13-5-12(14-8-31-9-24-14)16-15(17(13)30-20(21,22)23)26-18(29-16)27-6-10-3-4-11(7-27)25-10;1-2-16(26-14-3-6-25-7-4-14)17-18(15(1)19-21-5-8-28-19)27-20(23-17)24-10-12-9-13(11-24)22-12/h5,8-11,25,28H,3-4,6-7H2,1-2H3;1-2,5,8,12-14,22H,3-4,6-7,9-11H2. The molecular formula is C40H43F3N8O6S2. The fourth-order valence-corrected chi connectivity index (χ4v) is 9.93. The molecule has 6 aliphatic heterocycles. The number of halogens is 3. The minimum Gasteiger partial charge on any atom is -0.488 e. The van der Waals surface area contributed by atoms with E-state index in [0.29, 0.717) is 54.5 Å². The van der Waals surface area contributed by atoms with E-state index in [0.717, 1.165) is 79.4 Å². The van der Waals surface area contributed by atoms with Crippen LogP contribution in [0, 0.1) is 0 Å². The summed E-state index contributed by atoms with van der Waals surface area (Å²) in [5.41, 5.74) is 3.55. The first-order valence-electron chi connectivity index (χ1n) is 19.9. The monoisotopic (exact) mass is 852 g/mol.